The number of hydrogen-bond donors (Lipinski definition) is 1. The van der Waals surface area contributed by atoms with E-state index >= 15 is 0 Å². The first-order valence-corrected chi connectivity index (χ1v) is 5.41. The van der Waals surface area contributed by atoms with Crippen LogP contribution in [0.25, 0.3) is 0 Å². The summed E-state index contributed by atoms with van der Waals surface area (Å²) in [5, 5.41) is 8.85. The van der Waals surface area contributed by atoms with Crippen LogP contribution in [-0.4, -0.2) is 34.9 Å². The smallest absolute Gasteiger partial charge is 0.335 e. The van der Waals surface area contributed by atoms with Gasteiger partial charge in [0.25, 0.3) is 5.91 Å². The number of carbonyl (C=O) groups excluding carboxylic acids is 1. The fourth-order valence-electron chi connectivity index (χ4n) is 2.02. The van der Waals surface area contributed by atoms with Gasteiger partial charge in [0.2, 0.25) is 0 Å². The van der Waals surface area contributed by atoms with Gasteiger partial charge in [0.15, 0.2) is 0 Å². The Morgan fingerprint density at radius 2 is 2.00 bits per heavy atom. The Hall–Kier alpha value is -1.98. The number of alkyl halides is 2. The lowest BCUT2D eigenvalue weighted by atomic mass is 9.97. The van der Waals surface area contributed by atoms with Crippen molar-refractivity contribution in [2.75, 3.05) is 6.54 Å². The highest BCUT2D eigenvalue weighted by Crippen LogP contribution is 2.21. The van der Waals surface area contributed by atoms with Gasteiger partial charge in [0.1, 0.15) is 0 Å². The Balaban J connectivity index is 2.24. The van der Waals surface area contributed by atoms with E-state index in [4.69, 9.17) is 5.11 Å². The van der Waals surface area contributed by atoms with Crippen LogP contribution in [0.5, 0.6) is 0 Å². The van der Waals surface area contributed by atoms with E-state index in [1.54, 1.807) is 6.07 Å². The van der Waals surface area contributed by atoms with E-state index in [1.807, 2.05) is 0 Å². The summed E-state index contributed by atoms with van der Waals surface area (Å²) in [5.41, 5.74) is 1.62. The summed E-state index contributed by atoms with van der Waals surface area (Å²) < 4.78 is 24.6. The molecule has 1 aromatic rings. The second-order valence-corrected chi connectivity index (χ2v) is 4.10. The summed E-state index contributed by atoms with van der Waals surface area (Å²) in [4.78, 5) is 23.1. The Morgan fingerprint density at radius 3 is 2.61 bits per heavy atom. The molecule has 0 aromatic heterocycles. The quantitative estimate of drug-likeness (QED) is 0.872. The summed E-state index contributed by atoms with van der Waals surface area (Å²) >= 11 is 0. The summed E-state index contributed by atoms with van der Waals surface area (Å²) in [6, 6.07) is 4.58. The van der Waals surface area contributed by atoms with Gasteiger partial charge in [-0.1, -0.05) is 6.07 Å². The van der Waals surface area contributed by atoms with Crippen LogP contribution >= 0.6 is 0 Å². The molecule has 0 unspecified atom stereocenters. The number of hydrogen-bond acceptors (Lipinski definition) is 2. The lowest BCUT2D eigenvalue weighted by Crippen LogP contribution is -2.39. The van der Waals surface area contributed by atoms with E-state index in [1.165, 1.54) is 12.1 Å². The number of aromatic carboxylic acids is 1. The van der Waals surface area contributed by atoms with E-state index in [-0.39, 0.29) is 18.7 Å². The minimum atomic E-state index is -3.02. The third-order valence-electron chi connectivity index (χ3n) is 2.96. The van der Waals surface area contributed by atoms with Gasteiger partial charge in [-0.2, -0.15) is 8.78 Å². The molecule has 0 atom stereocenters. The van der Waals surface area contributed by atoms with Gasteiger partial charge in [0, 0.05) is 13.1 Å². The molecule has 1 heterocycles. The van der Waals surface area contributed by atoms with Crippen molar-refractivity contribution in [1.82, 2.24) is 4.90 Å². The standard InChI is InChI=1S/C12H11F2NO3/c13-10(14)11(16)15-4-3-7-1-2-8(12(17)18)5-9(7)6-15/h1-2,5,10H,3-4,6H2,(H,17,18). The lowest BCUT2D eigenvalue weighted by molar-refractivity contribution is -0.143. The van der Waals surface area contributed by atoms with Crippen LogP contribution in [0.15, 0.2) is 18.2 Å². The van der Waals surface area contributed by atoms with Gasteiger partial charge in [-0.15, -0.1) is 0 Å². The molecule has 96 valence electrons. The molecule has 0 fully saturated rings. The molecule has 0 radical (unpaired) electrons. The van der Waals surface area contributed by atoms with E-state index in [2.05, 4.69) is 0 Å². The molecule has 2 rings (SSSR count). The first-order chi connectivity index (χ1) is 8.49. The van der Waals surface area contributed by atoms with Crippen LogP contribution < -0.4 is 0 Å². The molecule has 4 nitrogen and oxygen atoms in total. The van der Waals surface area contributed by atoms with Gasteiger partial charge in [-0.05, 0) is 29.7 Å². The lowest BCUT2D eigenvalue weighted by Gasteiger charge is -2.28. The van der Waals surface area contributed by atoms with E-state index in [9.17, 15) is 18.4 Å². The molecule has 1 aromatic carbocycles. The third kappa shape index (κ3) is 2.32. The highest BCUT2D eigenvalue weighted by molar-refractivity contribution is 5.88. The first-order valence-electron chi connectivity index (χ1n) is 5.41. The predicted molar refractivity (Wildman–Crippen MR) is 58.5 cm³/mol. The number of carboxylic acids is 1. The average Bonchev–Trinajstić information content (AvgIpc) is 2.36. The van der Waals surface area contributed by atoms with E-state index < -0.39 is 18.3 Å². The minimum absolute atomic E-state index is 0.0413. The number of nitrogens with zero attached hydrogens (tertiary/aromatic N) is 1. The number of benzene rings is 1. The number of amides is 1. The second kappa shape index (κ2) is 4.72. The molecule has 1 amide bonds. The highest BCUT2D eigenvalue weighted by atomic mass is 19.3. The van der Waals surface area contributed by atoms with Crippen molar-refractivity contribution in [2.45, 2.75) is 19.4 Å². The Labute approximate surface area is 102 Å². The topological polar surface area (TPSA) is 57.6 Å². The van der Waals surface area contributed by atoms with Gasteiger partial charge in [0.05, 0.1) is 5.56 Å². The Kier molecular flexibility index (Phi) is 3.27. The molecule has 0 saturated heterocycles. The third-order valence-corrected chi connectivity index (χ3v) is 2.96. The first kappa shape index (κ1) is 12.5. The Bertz CT molecular complexity index is 502. The van der Waals surface area contributed by atoms with Crippen LogP contribution in [0.4, 0.5) is 8.78 Å². The zero-order chi connectivity index (χ0) is 13.3. The van der Waals surface area contributed by atoms with Crippen molar-refractivity contribution in [1.29, 1.82) is 0 Å². The number of carbonyl (C=O) groups is 2. The molecule has 0 bridgehead atoms. The molecule has 1 aliphatic heterocycles. The molecular weight excluding hydrogens is 244 g/mol. The number of rotatable bonds is 2. The molecule has 0 aliphatic carbocycles. The fraction of sp³-hybridized carbons (Fsp3) is 0.333. The van der Waals surface area contributed by atoms with Crippen molar-refractivity contribution in [3.8, 4) is 0 Å². The normalized spacial score (nSPS) is 14.5. The fourth-order valence-corrected chi connectivity index (χ4v) is 2.02. The SMILES string of the molecule is O=C(O)c1ccc2c(c1)CN(C(=O)C(F)F)CC2. The zero-order valence-corrected chi connectivity index (χ0v) is 9.40. The van der Waals surface area contributed by atoms with Crippen molar-refractivity contribution >= 4 is 11.9 Å². The minimum Gasteiger partial charge on any atom is -0.478 e. The zero-order valence-electron chi connectivity index (χ0n) is 9.40. The summed E-state index contributed by atoms with van der Waals surface area (Å²) in [5.74, 6) is -2.28. The van der Waals surface area contributed by atoms with Gasteiger partial charge in [-0.25, -0.2) is 4.79 Å². The number of halogens is 2. The van der Waals surface area contributed by atoms with Crippen LogP contribution in [-0.2, 0) is 17.8 Å². The molecular formula is C12H11F2NO3. The van der Waals surface area contributed by atoms with Crippen LogP contribution in [0, 0.1) is 0 Å². The highest BCUT2D eigenvalue weighted by Gasteiger charge is 2.27. The number of fused-ring (bicyclic) bond motifs is 1. The van der Waals surface area contributed by atoms with Gasteiger partial charge >= 0.3 is 12.4 Å². The predicted octanol–water partition coefficient (Wildman–Crippen LogP) is 1.53. The summed E-state index contributed by atoms with van der Waals surface area (Å²) in [6.07, 6.45) is -2.55. The molecule has 6 heteroatoms. The summed E-state index contributed by atoms with van der Waals surface area (Å²) in [7, 11) is 0. The maximum absolute atomic E-state index is 12.3. The van der Waals surface area contributed by atoms with Crippen LogP contribution in [0.1, 0.15) is 21.5 Å². The monoisotopic (exact) mass is 255 g/mol. The van der Waals surface area contributed by atoms with Crippen molar-refractivity contribution in [3.05, 3.63) is 34.9 Å². The van der Waals surface area contributed by atoms with E-state index in [0.717, 1.165) is 10.5 Å². The molecule has 18 heavy (non-hydrogen) atoms. The summed E-state index contributed by atoms with van der Waals surface area (Å²) in [6.45, 7) is 0.280. The maximum atomic E-state index is 12.3. The second-order valence-electron chi connectivity index (χ2n) is 4.10. The van der Waals surface area contributed by atoms with Gasteiger partial charge < -0.3 is 10.0 Å². The Morgan fingerprint density at radius 1 is 1.28 bits per heavy atom. The van der Waals surface area contributed by atoms with Crippen molar-refractivity contribution in [3.63, 3.8) is 0 Å². The van der Waals surface area contributed by atoms with Crippen LogP contribution in [0.2, 0.25) is 0 Å². The number of carboxylic acid groups (broad SMARTS) is 1. The maximum Gasteiger partial charge on any atom is 0.335 e. The average molecular weight is 255 g/mol. The van der Waals surface area contributed by atoms with Crippen molar-refractivity contribution in [2.24, 2.45) is 0 Å². The molecule has 1 aliphatic rings. The molecule has 0 saturated carbocycles. The molecule has 1 N–H and O–H groups in total. The largest absolute Gasteiger partial charge is 0.478 e. The van der Waals surface area contributed by atoms with Crippen LogP contribution in [0.3, 0.4) is 0 Å². The van der Waals surface area contributed by atoms with E-state index in [0.29, 0.717) is 12.0 Å². The molecule has 0 spiro atoms. The van der Waals surface area contributed by atoms with Gasteiger partial charge in [-0.3, -0.25) is 4.79 Å². The van der Waals surface area contributed by atoms with Crippen molar-refractivity contribution < 1.29 is 23.5 Å².